The van der Waals surface area contributed by atoms with E-state index < -0.39 is 0 Å². The Hall–Kier alpha value is -4.79. The van der Waals surface area contributed by atoms with E-state index in [0.717, 1.165) is 64.8 Å². The predicted molar refractivity (Wildman–Crippen MR) is 170 cm³/mol. The summed E-state index contributed by atoms with van der Waals surface area (Å²) in [5.74, 6) is 0.238. The minimum absolute atomic E-state index is 0.0181. The third-order valence-electron chi connectivity index (χ3n) is 8.56. The van der Waals surface area contributed by atoms with E-state index in [9.17, 15) is 9.59 Å². The number of aromatic amines is 1. The fourth-order valence-electron chi connectivity index (χ4n) is 6.52. The van der Waals surface area contributed by atoms with Crippen molar-refractivity contribution >= 4 is 5.97 Å². The summed E-state index contributed by atoms with van der Waals surface area (Å²) >= 11 is 0. The normalized spacial score (nSPS) is 16.1. The third-order valence-corrected chi connectivity index (χ3v) is 8.56. The highest BCUT2D eigenvalue weighted by Gasteiger charge is 2.31. The van der Waals surface area contributed by atoms with Gasteiger partial charge in [-0.15, -0.1) is 10.2 Å². The largest absolute Gasteiger partial charge is 0.462 e. The van der Waals surface area contributed by atoms with Crippen LogP contribution in [0.2, 0.25) is 0 Å². The van der Waals surface area contributed by atoms with Crippen LogP contribution in [0.4, 0.5) is 0 Å². The van der Waals surface area contributed by atoms with Gasteiger partial charge in [-0.1, -0.05) is 74.0 Å². The Kier molecular flexibility index (Phi) is 8.54. The molecule has 0 saturated heterocycles. The number of rotatable bonds is 10. The molecule has 2 unspecified atom stereocenters. The molecule has 2 atom stereocenters. The molecule has 0 amide bonds. The molecule has 226 valence electrons. The van der Waals surface area contributed by atoms with Gasteiger partial charge >= 0.3 is 5.97 Å². The van der Waals surface area contributed by atoms with Gasteiger partial charge in [0.25, 0.3) is 5.56 Å². The van der Waals surface area contributed by atoms with Crippen LogP contribution in [0.25, 0.3) is 22.5 Å². The first-order valence-electron chi connectivity index (χ1n) is 15.5. The van der Waals surface area contributed by atoms with Crippen LogP contribution in [0, 0.1) is 0 Å². The molecule has 3 heterocycles. The van der Waals surface area contributed by atoms with Crippen molar-refractivity contribution in [1.82, 2.24) is 30.0 Å². The Labute approximate surface area is 256 Å². The van der Waals surface area contributed by atoms with Gasteiger partial charge < -0.3 is 4.74 Å². The molecule has 6 rings (SSSR count). The number of esters is 1. The minimum atomic E-state index is -0.316. The standard InChI is InChI=1S/C35H38N6O3/c1-4-9-32-31(22-24-15-17-26(18-16-24)29-12-6-7-13-30(29)33-36-38-39-37-33)34(42)41-28(19-14-23(3)40(32)41)21-25-10-8-11-27(20-25)35(43)44-5-2/h6-8,10-13,15-18,20,23,28H,4-5,9,14,19,21-22H2,1-3H3,(H,36,37,38,39). The van der Waals surface area contributed by atoms with E-state index in [4.69, 9.17) is 4.74 Å². The van der Waals surface area contributed by atoms with E-state index in [2.05, 4.69) is 69.5 Å². The van der Waals surface area contributed by atoms with E-state index in [0.29, 0.717) is 30.8 Å². The number of nitrogens with one attached hydrogen (secondary N) is 1. The number of hydrogen-bond acceptors (Lipinski definition) is 6. The molecule has 9 heteroatoms. The van der Waals surface area contributed by atoms with Crippen molar-refractivity contribution in [2.45, 2.75) is 71.4 Å². The Morgan fingerprint density at radius 2 is 1.75 bits per heavy atom. The summed E-state index contributed by atoms with van der Waals surface area (Å²) in [5.41, 5.74) is 7.77. The lowest BCUT2D eigenvalue weighted by atomic mass is 9.96. The van der Waals surface area contributed by atoms with E-state index in [1.54, 1.807) is 6.07 Å². The van der Waals surface area contributed by atoms with Crippen LogP contribution in [0.15, 0.2) is 77.6 Å². The molecule has 0 radical (unpaired) electrons. The third kappa shape index (κ3) is 5.74. The van der Waals surface area contributed by atoms with Gasteiger partial charge in [-0.05, 0) is 79.1 Å². The molecule has 0 fully saturated rings. The number of carbonyl (C=O) groups is 1. The number of aromatic nitrogens is 6. The van der Waals surface area contributed by atoms with Crippen LogP contribution in [0.1, 0.15) is 84.9 Å². The molecule has 0 saturated carbocycles. The van der Waals surface area contributed by atoms with Crippen LogP contribution in [0.3, 0.4) is 0 Å². The quantitative estimate of drug-likeness (QED) is 0.190. The monoisotopic (exact) mass is 590 g/mol. The molecule has 2 aromatic heterocycles. The number of H-pyrrole nitrogens is 1. The molecule has 3 aromatic carbocycles. The van der Waals surface area contributed by atoms with Crippen LogP contribution in [0.5, 0.6) is 0 Å². The molecule has 1 N–H and O–H groups in total. The minimum Gasteiger partial charge on any atom is -0.462 e. The SMILES string of the molecule is CCCc1c(Cc2ccc(-c3ccccc3-c3nn[nH]n3)cc2)c(=O)n2n1C(C)CCC2Cc1cccc(C(=O)OCC)c1. The Bertz CT molecular complexity index is 1800. The van der Waals surface area contributed by atoms with Gasteiger partial charge in [-0.2, -0.15) is 5.21 Å². The fraction of sp³-hybridized carbons (Fsp3) is 0.343. The maximum absolute atomic E-state index is 14.2. The number of benzene rings is 3. The first-order valence-corrected chi connectivity index (χ1v) is 15.5. The molecule has 0 aliphatic carbocycles. The van der Waals surface area contributed by atoms with E-state index in [1.807, 2.05) is 48.0 Å². The average molecular weight is 591 g/mol. The van der Waals surface area contributed by atoms with E-state index in [1.165, 1.54) is 0 Å². The van der Waals surface area contributed by atoms with Crippen LogP contribution < -0.4 is 5.56 Å². The molecule has 9 nitrogen and oxygen atoms in total. The zero-order valence-electron chi connectivity index (χ0n) is 25.5. The van der Waals surface area contributed by atoms with Gasteiger partial charge in [-0.25, -0.2) is 9.48 Å². The van der Waals surface area contributed by atoms with Crippen molar-refractivity contribution in [2.75, 3.05) is 6.61 Å². The summed E-state index contributed by atoms with van der Waals surface area (Å²) in [7, 11) is 0. The van der Waals surface area contributed by atoms with E-state index in [-0.39, 0.29) is 23.6 Å². The highest BCUT2D eigenvalue weighted by molar-refractivity contribution is 5.89. The molecule has 44 heavy (non-hydrogen) atoms. The number of hydrogen-bond donors (Lipinski definition) is 1. The second-order valence-electron chi connectivity index (χ2n) is 11.5. The summed E-state index contributed by atoms with van der Waals surface area (Å²) in [6, 6.07) is 24.3. The number of tetrazole rings is 1. The average Bonchev–Trinajstić information content (AvgIpc) is 3.68. The summed E-state index contributed by atoms with van der Waals surface area (Å²) in [5, 5.41) is 14.6. The maximum atomic E-state index is 14.2. The zero-order valence-corrected chi connectivity index (χ0v) is 25.5. The highest BCUT2D eigenvalue weighted by Crippen LogP contribution is 2.34. The van der Waals surface area contributed by atoms with Crippen molar-refractivity contribution < 1.29 is 9.53 Å². The molecule has 1 aliphatic heterocycles. The first-order chi connectivity index (χ1) is 21.5. The van der Waals surface area contributed by atoms with Crippen molar-refractivity contribution in [1.29, 1.82) is 0 Å². The number of ether oxygens (including phenoxy) is 1. The Morgan fingerprint density at radius 1 is 0.955 bits per heavy atom. The summed E-state index contributed by atoms with van der Waals surface area (Å²) < 4.78 is 9.51. The molecular weight excluding hydrogens is 552 g/mol. The molecular formula is C35H38N6O3. The zero-order chi connectivity index (χ0) is 30.6. The summed E-state index contributed by atoms with van der Waals surface area (Å²) in [6.07, 6.45) is 4.98. The second-order valence-corrected chi connectivity index (χ2v) is 11.5. The van der Waals surface area contributed by atoms with Crippen molar-refractivity contribution in [3.05, 3.63) is 111 Å². The lowest BCUT2D eigenvalue weighted by Crippen LogP contribution is -2.35. The molecule has 1 aliphatic rings. The van der Waals surface area contributed by atoms with Crippen LogP contribution in [-0.2, 0) is 24.0 Å². The second kappa shape index (κ2) is 12.8. The fourth-order valence-corrected chi connectivity index (χ4v) is 6.52. The summed E-state index contributed by atoms with van der Waals surface area (Å²) in [6.45, 7) is 6.53. The van der Waals surface area contributed by atoms with Gasteiger partial charge in [0.1, 0.15) is 0 Å². The lowest BCUT2D eigenvalue weighted by Gasteiger charge is -2.33. The van der Waals surface area contributed by atoms with Gasteiger partial charge in [-0.3, -0.25) is 9.48 Å². The molecule has 0 bridgehead atoms. The van der Waals surface area contributed by atoms with Gasteiger partial charge in [0.05, 0.1) is 18.2 Å². The Balaban J connectivity index is 1.31. The molecule has 5 aromatic rings. The smallest absolute Gasteiger partial charge is 0.338 e. The predicted octanol–water partition coefficient (Wildman–Crippen LogP) is 6.36. The van der Waals surface area contributed by atoms with Crippen molar-refractivity contribution in [3.8, 4) is 22.5 Å². The number of nitrogens with zero attached hydrogens (tertiary/aromatic N) is 5. The molecule has 0 spiro atoms. The van der Waals surface area contributed by atoms with Gasteiger partial charge in [0.2, 0.25) is 5.82 Å². The lowest BCUT2D eigenvalue weighted by molar-refractivity contribution is 0.0526. The summed E-state index contributed by atoms with van der Waals surface area (Å²) in [4.78, 5) is 26.6. The van der Waals surface area contributed by atoms with Gasteiger partial charge in [0.15, 0.2) is 0 Å². The van der Waals surface area contributed by atoms with Crippen molar-refractivity contribution in [2.24, 2.45) is 0 Å². The van der Waals surface area contributed by atoms with Crippen LogP contribution in [-0.4, -0.2) is 42.6 Å². The highest BCUT2D eigenvalue weighted by atomic mass is 16.5. The number of carbonyl (C=O) groups excluding carboxylic acids is 1. The van der Waals surface area contributed by atoms with Gasteiger partial charge in [0, 0.05) is 29.3 Å². The maximum Gasteiger partial charge on any atom is 0.338 e. The Morgan fingerprint density at radius 3 is 2.48 bits per heavy atom. The van der Waals surface area contributed by atoms with Crippen LogP contribution >= 0.6 is 0 Å². The first kappa shape index (κ1) is 29.3. The topological polar surface area (TPSA) is 108 Å². The number of fused-ring (bicyclic) bond motifs is 1. The van der Waals surface area contributed by atoms with Crippen molar-refractivity contribution in [3.63, 3.8) is 0 Å². The van der Waals surface area contributed by atoms with E-state index >= 15 is 0 Å².